The summed E-state index contributed by atoms with van der Waals surface area (Å²) in [6, 6.07) is 12.0. The lowest BCUT2D eigenvalue weighted by molar-refractivity contribution is -0.127. The van der Waals surface area contributed by atoms with Gasteiger partial charge in [0.25, 0.3) is 0 Å². The normalized spacial score (nSPS) is 14.5. The number of nitrogen functional groups attached to an aromatic ring is 1. The summed E-state index contributed by atoms with van der Waals surface area (Å²) in [5.41, 5.74) is 7.38. The van der Waals surface area contributed by atoms with E-state index in [0.29, 0.717) is 12.6 Å². The second-order valence-electron chi connectivity index (χ2n) is 5.28. The molecule has 0 bridgehead atoms. The summed E-state index contributed by atoms with van der Waals surface area (Å²) in [5.74, 6) is 0.0859. The molecule has 0 saturated heterocycles. The first-order chi connectivity index (χ1) is 10.2. The van der Waals surface area contributed by atoms with E-state index < -0.39 is 0 Å². The van der Waals surface area contributed by atoms with Crippen LogP contribution in [-0.4, -0.2) is 16.8 Å². The summed E-state index contributed by atoms with van der Waals surface area (Å²) in [6.45, 7) is 0.716. The largest absolute Gasteiger partial charge is 0.399 e. The quantitative estimate of drug-likeness (QED) is 0.678. The highest BCUT2D eigenvalue weighted by molar-refractivity contribution is 7.09. The molecule has 3 rings (SSSR count). The van der Waals surface area contributed by atoms with E-state index in [1.54, 1.807) is 17.4 Å². The van der Waals surface area contributed by atoms with Crippen LogP contribution in [-0.2, 0) is 11.3 Å². The molecule has 1 aromatic carbocycles. The Hall–Kier alpha value is -2.07. The number of hydrogen-bond donors (Lipinski definition) is 1. The van der Waals surface area contributed by atoms with Crippen LogP contribution in [0.2, 0.25) is 0 Å². The maximum atomic E-state index is 12.4. The molecule has 2 N–H and O–H groups in total. The molecule has 0 atom stereocenters. The molecular weight excluding hydrogens is 280 g/mol. The van der Waals surface area contributed by atoms with Crippen molar-refractivity contribution in [3.05, 3.63) is 58.3 Å². The molecule has 1 aromatic heterocycles. The Bertz CT molecular complexity index is 627. The van der Waals surface area contributed by atoms with Crippen molar-refractivity contribution in [3.8, 4) is 0 Å². The minimum absolute atomic E-state index is 0.0859. The minimum atomic E-state index is 0.0859. The van der Waals surface area contributed by atoms with Gasteiger partial charge < -0.3 is 10.6 Å². The SMILES string of the molecule is Nc1ccc(/C=C/C(=O)N(Cc2cccs2)C2CC2)cc1. The zero-order valence-corrected chi connectivity index (χ0v) is 12.6. The standard InChI is InChI=1S/C17H18N2OS/c18-14-6-3-13(4-7-14)5-10-17(20)19(15-8-9-15)12-16-2-1-11-21-16/h1-7,10-11,15H,8-9,12,18H2/b10-5+. The highest BCUT2D eigenvalue weighted by Gasteiger charge is 2.31. The molecule has 0 aliphatic heterocycles. The first-order valence-electron chi connectivity index (χ1n) is 7.09. The van der Waals surface area contributed by atoms with E-state index in [1.165, 1.54) is 4.88 Å². The van der Waals surface area contributed by atoms with Gasteiger partial charge in [-0.3, -0.25) is 4.79 Å². The molecule has 1 fully saturated rings. The number of nitrogens with zero attached hydrogens (tertiary/aromatic N) is 1. The van der Waals surface area contributed by atoms with Crippen molar-refractivity contribution in [2.75, 3.05) is 5.73 Å². The first-order valence-corrected chi connectivity index (χ1v) is 7.97. The summed E-state index contributed by atoms with van der Waals surface area (Å²) in [4.78, 5) is 15.6. The Kier molecular flexibility index (Phi) is 4.06. The number of carbonyl (C=O) groups is 1. The molecule has 1 heterocycles. The average Bonchev–Trinajstić information content (AvgIpc) is 3.20. The van der Waals surface area contributed by atoms with Gasteiger partial charge in [-0.15, -0.1) is 11.3 Å². The van der Waals surface area contributed by atoms with Crippen LogP contribution in [0.25, 0.3) is 6.08 Å². The fourth-order valence-corrected chi connectivity index (χ4v) is 2.92. The van der Waals surface area contributed by atoms with E-state index in [0.717, 1.165) is 24.1 Å². The molecule has 0 spiro atoms. The van der Waals surface area contributed by atoms with Gasteiger partial charge in [0.05, 0.1) is 6.54 Å². The Morgan fingerprint density at radius 1 is 1.29 bits per heavy atom. The van der Waals surface area contributed by atoms with Gasteiger partial charge >= 0.3 is 0 Å². The van der Waals surface area contributed by atoms with Crippen LogP contribution in [0.4, 0.5) is 5.69 Å². The van der Waals surface area contributed by atoms with Gasteiger partial charge in [0.1, 0.15) is 0 Å². The van der Waals surface area contributed by atoms with Crippen LogP contribution >= 0.6 is 11.3 Å². The van der Waals surface area contributed by atoms with Crippen LogP contribution < -0.4 is 5.73 Å². The number of amides is 1. The maximum Gasteiger partial charge on any atom is 0.247 e. The number of anilines is 1. The zero-order chi connectivity index (χ0) is 14.7. The molecule has 0 unspecified atom stereocenters. The lowest BCUT2D eigenvalue weighted by Crippen LogP contribution is -2.30. The van der Waals surface area contributed by atoms with E-state index in [9.17, 15) is 4.79 Å². The summed E-state index contributed by atoms with van der Waals surface area (Å²) in [5, 5.41) is 2.05. The van der Waals surface area contributed by atoms with E-state index in [4.69, 9.17) is 5.73 Å². The molecule has 3 nitrogen and oxygen atoms in total. The van der Waals surface area contributed by atoms with Gasteiger partial charge in [0, 0.05) is 22.7 Å². The molecular formula is C17H18N2OS. The van der Waals surface area contributed by atoms with Crippen molar-refractivity contribution in [1.82, 2.24) is 4.90 Å². The van der Waals surface area contributed by atoms with Crippen LogP contribution in [0.3, 0.4) is 0 Å². The third kappa shape index (κ3) is 3.73. The van der Waals surface area contributed by atoms with E-state index in [1.807, 2.05) is 41.3 Å². The highest BCUT2D eigenvalue weighted by Crippen LogP contribution is 2.29. The lowest BCUT2D eigenvalue weighted by Gasteiger charge is -2.19. The third-order valence-electron chi connectivity index (χ3n) is 3.53. The second-order valence-corrected chi connectivity index (χ2v) is 6.31. The Morgan fingerprint density at radius 2 is 2.05 bits per heavy atom. The zero-order valence-electron chi connectivity index (χ0n) is 11.7. The summed E-state index contributed by atoms with van der Waals surface area (Å²) in [7, 11) is 0. The highest BCUT2D eigenvalue weighted by atomic mass is 32.1. The number of benzene rings is 1. The molecule has 4 heteroatoms. The predicted molar refractivity (Wildman–Crippen MR) is 87.8 cm³/mol. The van der Waals surface area contributed by atoms with Crippen LogP contribution in [0.15, 0.2) is 47.9 Å². The Morgan fingerprint density at radius 3 is 2.67 bits per heavy atom. The van der Waals surface area contributed by atoms with Gasteiger partial charge in [-0.25, -0.2) is 0 Å². The number of carbonyl (C=O) groups excluding carboxylic acids is 1. The van der Waals surface area contributed by atoms with Crippen molar-refractivity contribution in [1.29, 1.82) is 0 Å². The topological polar surface area (TPSA) is 46.3 Å². The van der Waals surface area contributed by atoms with Crippen LogP contribution in [0, 0.1) is 0 Å². The third-order valence-corrected chi connectivity index (χ3v) is 4.39. The molecule has 0 radical (unpaired) electrons. The van der Waals surface area contributed by atoms with E-state index in [-0.39, 0.29) is 5.91 Å². The van der Waals surface area contributed by atoms with Gasteiger partial charge in [-0.2, -0.15) is 0 Å². The Balaban J connectivity index is 1.68. The molecule has 1 saturated carbocycles. The van der Waals surface area contributed by atoms with Gasteiger partial charge in [-0.05, 0) is 48.1 Å². The van der Waals surface area contributed by atoms with Crippen molar-refractivity contribution >= 4 is 29.0 Å². The number of nitrogens with two attached hydrogens (primary N) is 1. The van der Waals surface area contributed by atoms with Crippen molar-refractivity contribution < 1.29 is 4.79 Å². The molecule has 1 amide bonds. The molecule has 1 aliphatic rings. The first kappa shape index (κ1) is 13.9. The number of rotatable bonds is 5. The smallest absolute Gasteiger partial charge is 0.247 e. The Labute approximate surface area is 128 Å². The van der Waals surface area contributed by atoms with Crippen molar-refractivity contribution in [3.63, 3.8) is 0 Å². The monoisotopic (exact) mass is 298 g/mol. The minimum Gasteiger partial charge on any atom is -0.399 e. The van der Waals surface area contributed by atoms with Gasteiger partial charge in [0.2, 0.25) is 5.91 Å². The summed E-state index contributed by atoms with van der Waals surface area (Å²) >= 11 is 1.70. The summed E-state index contributed by atoms with van der Waals surface area (Å²) in [6.07, 6.45) is 5.75. The maximum absolute atomic E-state index is 12.4. The number of hydrogen-bond acceptors (Lipinski definition) is 3. The van der Waals surface area contributed by atoms with Gasteiger partial charge in [0.15, 0.2) is 0 Å². The van der Waals surface area contributed by atoms with Crippen molar-refractivity contribution in [2.45, 2.75) is 25.4 Å². The average molecular weight is 298 g/mol. The number of thiophene rings is 1. The van der Waals surface area contributed by atoms with Crippen molar-refractivity contribution in [2.24, 2.45) is 0 Å². The van der Waals surface area contributed by atoms with E-state index in [2.05, 4.69) is 11.4 Å². The fourth-order valence-electron chi connectivity index (χ4n) is 2.21. The van der Waals surface area contributed by atoms with Gasteiger partial charge in [-0.1, -0.05) is 18.2 Å². The second kappa shape index (κ2) is 6.14. The molecule has 2 aromatic rings. The van der Waals surface area contributed by atoms with E-state index >= 15 is 0 Å². The molecule has 21 heavy (non-hydrogen) atoms. The fraction of sp³-hybridized carbons (Fsp3) is 0.235. The predicted octanol–water partition coefficient (Wildman–Crippen LogP) is 3.53. The summed E-state index contributed by atoms with van der Waals surface area (Å²) < 4.78 is 0. The molecule has 1 aliphatic carbocycles. The lowest BCUT2D eigenvalue weighted by atomic mass is 10.2. The molecule has 108 valence electrons. The van der Waals surface area contributed by atoms with Crippen LogP contribution in [0.5, 0.6) is 0 Å². The van der Waals surface area contributed by atoms with Crippen LogP contribution in [0.1, 0.15) is 23.3 Å².